The number of H-pyrrole nitrogens is 1. The fourth-order valence-corrected chi connectivity index (χ4v) is 2.61. The maximum absolute atomic E-state index is 4.66. The van der Waals surface area contributed by atoms with Gasteiger partial charge in [-0.15, -0.1) is 0 Å². The van der Waals surface area contributed by atoms with Gasteiger partial charge in [0, 0.05) is 17.8 Å². The van der Waals surface area contributed by atoms with Crippen LogP contribution >= 0.6 is 0 Å². The lowest BCUT2D eigenvalue weighted by Crippen LogP contribution is -2.36. The Bertz CT molecular complexity index is 782. The van der Waals surface area contributed by atoms with Crippen molar-refractivity contribution in [2.75, 3.05) is 6.54 Å². The van der Waals surface area contributed by atoms with Crippen molar-refractivity contribution >= 4 is 16.9 Å². The Balaban J connectivity index is 1.64. The summed E-state index contributed by atoms with van der Waals surface area (Å²) in [6, 6.07) is 19.0. The Morgan fingerprint density at radius 3 is 2.58 bits per heavy atom. The first-order valence-corrected chi connectivity index (χ1v) is 8.39. The zero-order valence-electron chi connectivity index (χ0n) is 14.3. The van der Waals surface area contributed by atoms with Crippen molar-refractivity contribution in [3.8, 4) is 0 Å². The van der Waals surface area contributed by atoms with Gasteiger partial charge in [0.1, 0.15) is 0 Å². The molecule has 0 amide bonds. The Kier molecular flexibility index (Phi) is 5.16. The maximum Gasteiger partial charge on any atom is 0.191 e. The van der Waals surface area contributed by atoms with Crippen molar-refractivity contribution in [1.82, 2.24) is 15.6 Å². The first-order chi connectivity index (χ1) is 11.7. The van der Waals surface area contributed by atoms with E-state index in [1.807, 2.05) is 6.07 Å². The summed E-state index contributed by atoms with van der Waals surface area (Å²) in [5.41, 5.74) is 4.79. The summed E-state index contributed by atoms with van der Waals surface area (Å²) in [5, 5.41) is 7.91. The Morgan fingerprint density at radius 2 is 1.83 bits per heavy atom. The molecular formula is C20H24N4. The van der Waals surface area contributed by atoms with Crippen LogP contribution in [0.2, 0.25) is 0 Å². The number of aryl methyl sites for hydroxylation is 1. The van der Waals surface area contributed by atoms with E-state index in [4.69, 9.17) is 0 Å². The third-order valence-corrected chi connectivity index (χ3v) is 3.92. The van der Waals surface area contributed by atoms with Crippen molar-refractivity contribution in [3.05, 3.63) is 71.4 Å². The quantitative estimate of drug-likeness (QED) is 0.495. The van der Waals surface area contributed by atoms with Gasteiger partial charge in [-0.25, -0.2) is 4.99 Å². The Hall–Kier alpha value is -2.75. The zero-order chi connectivity index (χ0) is 16.8. The third-order valence-electron chi connectivity index (χ3n) is 3.92. The van der Waals surface area contributed by atoms with Crippen LogP contribution in [0.25, 0.3) is 10.9 Å². The van der Waals surface area contributed by atoms with E-state index >= 15 is 0 Å². The minimum Gasteiger partial charge on any atom is -0.357 e. The van der Waals surface area contributed by atoms with E-state index in [0.717, 1.165) is 23.7 Å². The lowest BCUT2D eigenvalue weighted by Gasteiger charge is -2.10. The van der Waals surface area contributed by atoms with Gasteiger partial charge in [-0.3, -0.25) is 0 Å². The van der Waals surface area contributed by atoms with Crippen LogP contribution in [0.3, 0.4) is 0 Å². The van der Waals surface area contributed by atoms with Gasteiger partial charge in [0.05, 0.1) is 13.1 Å². The van der Waals surface area contributed by atoms with Crippen LogP contribution in [-0.2, 0) is 13.1 Å². The molecule has 124 valence electrons. The molecule has 0 bridgehead atoms. The monoisotopic (exact) mass is 320 g/mol. The normalized spacial score (nSPS) is 11.7. The highest BCUT2D eigenvalue weighted by atomic mass is 15.2. The number of benzene rings is 2. The minimum atomic E-state index is 0.669. The predicted octanol–water partition coefficient (Wildman–Crippen LogP) is 3.73. The molecule has 24 heavy (non-hydrogen) atoms. The van der Waals surface area contributed by atoms with E-state index < -0.39 is 0 Å². The minimum absolute atomic E-state index is 0.669. The number of aromatic nitrogens is 1. The molecule has 0 aliphatic rings. The summed E-state index contributed by atoms with van der Waals surface area (Å²) < 4.78 is 0. The zero-order valence-corrected chi connectivity index (χ0v) is 14.3. The second-order valence-corrected chi connectivity index (χ2v) is 5.92. The van der Waals surface area contributed by atoms with Crippen molar-refractivity contribution < 1.29 is 0 Å². The van der Waals surface area contributed by atoms with Crippen LogP contribution in [0, 0.1) is 6.92 Å². The second-order valence-electron chi connectivity index (χ2n) is 5.92. The first kappa shape index (κ1) is 16.1. The summed E-state index contributed by atoms with van der Waals surface area (Å²) in [4.78, 5) is 8.09. The van der Waals surface area contributed by atoms with Gasteiger partial charge >= 0.3 is 0 Å². The summed E-state index contributed by atoms with van der Waals surface area (Å²) >= 11 is 0. The molecule has 3 rings (SSSR count). The van der Waals surface area contributed by atoms with E-state index in [9.17, 15) is 0 Å². The van der Waals surface area contributed by atoms with Crippen LogP contribution in [-0.4, -0.2) is 17.5 Å². The summed E-state index contributed by atoms with van der Waals surface area (Å²) in [6.07, 6.45) is 0. The average molecular weight is 320 g/mol. The predicted molar refractivity (Wildman–Crippen MR) is 101 cm³/mol. The fourth-order valence-electron chi connectivity index (χ4n) is 2.61. The highest BCUT2D eigenvalue weighted by Gasteiger charge is 2.02. The number of guanidine groups is 1. The van der Waals surface area contributed by atoms with E-state index in [-0.39, 0.29) is 0 Å². The summed E-state index contributed by atoms with van der Waals surface area (Å²) in [7, 11) is 0. The molecule has 0 spiro atoms. The Labute approximate surface area is 143 Å². The fraction of sp³-hybridized carbons (Fsp3) is 0.250. The van der Waals surface area contributed by atoms with Gasteiger partial charge in [-0.2, -0.15) is 0 Å². The number of aromatic amines is 1. The molecule has 0 saturated heterocycles. The van der Waals surface area contributed by atoms with Crippen molar-refractivity contribution in [2.45, 2.75) is 26.9 Å². The summed E-state index contributed by atoms with van der Waals surface area (Å²) in [5.74, 6) is 0.830. The van der Waals surface area contributed by atoms with E-state index in [0.29, 0.717) is 13.1 Å². The molecule has 4 nitrogen and oxygen atoms in total. The molecule has 3 N–H and O–H groups in total. The van der Waals surface area contributed by atoms with Crippen molar-refractivity contribution in [1.29, 1.82) is 0 Å². The maximum atomic E-state index is 4.66. The van der Waals surface area contributed by atoms with Gasteiger partial charge in [-0.1, -0.05) is 48.0 Å². The number of hydrogen-bond acceptors (Lipinski definition) is 1. The van der Waals surface area contributed by atoms with Crippen LogP contribution in [0.15, 0.2) is 59.6 Å². The van der Waals surface area contributed by atoms with Crippen LogP contribution in [0.4, 0.5) is 0 Å². The molecule has 2 aromatic carbocycles. The second kappa shape index (κ2) is 7.68. The van der Waals surface area contributed by atoms with Crippen LogP contribution < -0.4 is 10.6 Å². The molecule has 0 radical (unpaired) electrons. The highest BCUT2D eigenvalue weighted by molar-refractivity contribution is 5.81. The van der Waals surface area contributed by atoms with Gasteiger partial charge in [0.15, 0.2) is 5.96 Å². The van der Waals surface area contributed by atoms with E-state index in [1.165, 1.54) is 16.5 Å². The molecule has 0 aliphatic heterocycles. The molecule has 3 aromatic rings. The molecule has 4 heteroatoms. The van der Waals surface area contributed by atoms with E-state index in [2.05, 4.69) is 83.0 Å². The van der Waals surface area contributed by atoms with Crippen LogP contribution in [0.1, 0.15) is 23.7 Å². The van der Waals surface area contributed by atoms with Crippen molar-refractivity contribution in [2.24, 2.45) is 4.99 Å². The molecule has 0 atom stereocenters. The standard InChI is InChI=1S/C20H24N4/c1-3-21-20(22-13-16-10-8-15(2)9-11-16)23-14-18-12-17-6-4-5-7-19(17)24-18/h4-12,24H,3,13-14H2,1-2H3,(H2,21,22,23). The van der Waals surface area contributed by atoms with Crippen molar-refractivity contribution in [3.63, 3.8) is 0 Å². The highest BCUT2D eigenvalue weighted by Crippen LogP contribution is 2.14. The number of para-hydroxylation sites is 1. The van der Waals surface area contributed by atoms with Gasteiger partial charge in [0.2, 0.25) is 0 Å². The number of hydrogen-bond donors (Lipinski definition) is 3. The molecule has 1 aromatic heterocycles. The third kappa shape index (κ3) is 4.16. The smallest absolute Gasteiger partial charge is 0.191 e. The van der Waals surface area contributed by atoms with Crippen LogP contribution in [0.5, 0.6) is 0 Å². The number of fused-ring (bicyclic) bond motifs is 1. The number of nitrogens with zero attached hydrogens (tertiary/aromatic N) is 1. The van der Waals surface area contributed by atoms with Gasteiger partial charge in [0.25, 0.3) is 0 Å². The largest absolute Gasteiger partial charge is 0.357 e. The average Bonchev–Trinajstić information content (AvgIpc) is 3.02. The van der Waals surface area contributed by atoms with E-state index in [1.54, 1.807) is 0 Å². The lowest BCUT2D eigenvalue weighted by atomic mass is 10.1. The van der Waals surface area contributed by atoms with Gasteiger partial charge < -0.3 is 15.6 Å². The molecule has 0 saturated carbocycles. The first-order valence-electron chi connectivity index (χ1n) is 8.39. The Morgan fingerprint density at radius 1 is 1.04 bits per heavy atom. The molecule has 0 fully saturated rings. The molecule has 0 aliphatic carbocycles. The molecule has 0 unspecified atom stereocenters. The molecular weight excluding hydrogens is 296 g/mol. The number of nitrogens with one attached hydrogen (secondary N) is 3. The number of aliphatic imine (C=N–C) groups is 1. The topological polar surface area (TPSA) is 52.2 Å². The lowest BCUT2D eigenvalue weighted by molar-refractivity contribution is 0.805. The number of rotatable bonds is 5. The summed E-state index contributed by atoms with van der Waals surface area (Å²) in [6.45, 7) is 6.40. The van der Waals surface area contributed by atoms with Gasteiger partial charge in [-0.05, 0) is 36.9 Å². The SMILES string of the molecule is CCNC(=NCc1ccc(C)cc1)NCc1cc2ccccc2[nH]1. The molecule has 1 heterocycles.